The quantitative estimate of drug-likeness (QED) is 0.595. The van der Waals surface area contributed by atoms with Gasteiger partial charge in [-0.15, -0.1) is 24.2 Å². The van der Waals surface area contributed by atoms with Gasteiger partial charge in [0, 0.05) is 38.9 Å². The Morgan fingerprint density at radius 1 is 1.17 bits per heavy atom. The molecule has 23 heavy (non-hydrogen) atoms. The normalized spacial score (nSPS) is 23.6. The molecule has 1 atom stereocenters. The molecule has 130 valence electrons. The molecule has 2 fully saturated rings. The molecule has 2 aliphatic heterocycles. The van der Waals surface area contributed by atoms with E-state index in [0.717, 1.165) is 30.5 Å². The van der Waals surface area contributed by atoms with Crippen molar-refractivity contribution in [3.05, 3.63) is 11.3 Å². The molecule has 3 heterocycles. The minimum Gasteiger partial charge on any atom is -0.322 e. The first-order chi connectivity index (χ1) is 10.7. The van der Waals surface area contributed by atoms with E-state index in [2.05, 4.69) is 31.7 Å². The van der Waals surface area contributed by atoms with Gasteiger partial charge in [0.15, 0.2) is 0 Å². The average molecular weight is 378 g/mol. The molecule has 1 unspecified atom stereocenters. The molecule has 5 nitrogen and oxygen atoms in total. The molecule has 8 heteroatoms. The van der Waals surface area contributed by atoms with E-state index in [0.29, 0.717) is 11.3 Å². The lowest BCUT2D eigenvalue weighted by atomic mass is 10.1. The number of anilines is 1. The first kappa shape index (κ1) is 19.1. The van der Waals surface area contributed by atoms with Gasteiger partial charge in [0.25, 0.3) is 0 Å². The van der Waals surface area contributed by atoms with Gasteiger partial charge in [-0.2, -0.15) is 4.98 Å². The first-order valence-corrected chi connectivity index (χ1v) is 9.55. The Balaban J connectivity index is 0.00000192. The van der Waals surface area contributed by atoms with E-state index < -0.39 is 0 Å². The minimum absolute atomic E-state index is 0. The van der Waals surface area contributed by atoms with E-state index in [1.54, 1.807) is 11.8 Å². The predicted molar refractivity (Wildman–Crippen MR) is 100 cm³/mol. The van der Waals surface area contributed by atoms with Crippen LogP contribution in [0.25, 0.3) is 0 Å². The third-order valence-electron chi connectivity index (χ3n) is 4.55. The summed E-state index contributed by atoms with van der Waals surface area (Å²) in [6.07, 6.45) is 8.14. The van der Waals surface area contributed by atoms with Crippen molar-refractivity contribution in [2.24, 2.45) is 0 Å². The van der Waals surface area contributed by atoms with Crippen LogP contribution in [-0.4, -0.2) is 72.0 Å². The molecule has 0 bridgehead atoms. The van der Waals surface area contributed by atoms with Crippen molar-refractivity contribution in [1.29, 1.82) is 0 Å². The van der Waals surface area contributed by atoms with Crippen molar-refractivity contribution < 1.29 is 0 Å². The maximum atomic E-state index is 6.29. The van der Waals surface area contributed by atoms with E-state index in [9.17, 15) is 0 Å². The molecule has 0 N–H and O–H groups in total. The number of likely N-dealkylation sites (tertiary alicyclic amines) is 1. The fraction of sp³-hybridized carbons (Fsp3) is 0.733. The zero-order valence-corrected chi connectivity index (χ0v) is 16.1. The van der Waals surface area contributed by atoms with Crippen molar-refractivity contribution in [3.8, 4) is 0 Å². The summed E-state index contributed by atoms with van der Waals surface area (Å²) >= 11 is 7.87. The predicted octanol–water partition coefficient (Wildman–Crippen LogP) is 2.84. The summed E-state index contributed by atoms with van der Waals surface area (Å²) in [7, 11) is 2.19. The van der Waals surface area contributed by atoms with Crippen LogP contribution in [0.1, 0.15) is 19.3 Å². The van der Waals surface area contributed by atoms with Gasteiger partial charge < -0.3 is 9.80 Å². The standard InChI is InChI=1S/C15H24ClN5S.ClH/c1-19-8-9-21(13(11-19)20-6-4-3-5-7-20)15-17-10-12(22-2)14(16)18-15;/h10,13H,3-9,11H2,1-2H3;1H. The van der Waals surface area contributed by atoms with E-state index in [1.165, 1.54) is 32.4 Å². The molecule has 0 aromatic carbocycles. The van der Waals surface area contributed by atoms with Crippen molar-refractivity contribution in [1.82, 2.24) is 19.8 Å². The molecule has 1 aromatic heterocycles. The Morgan fingerprint density at radius 2 is 1.91 bits per heavy atom. The van der Waals surface area contributed by atoms with E-state index in [1.807, 2.05) is 12.5 Å². The lowest BCUT2D eigenvalue weighted by Gasteiger charge is -2.46. The molecule has 2 saturated heterocycles. The second-order valence-corrected chi connectivity index (χ2v) is 7.27. The lowest BCUT2D eigenvalue weighted by Crippen LogP contribution is -2.61. The number of thioether (sulfide) groups is 1. The van der Waals surface area contributed by atoms with Gasteiger partial charge in [-0.25, -0.2) is 4.98 Å². The highest BCUT2D eigenvalue weighted by molar-refractivity contribution is 7.98. The number of piperazine rings is 1. The second-order valence-electron chi connectivity index (χ2n) is 6.06. The van der Waals surface area contributed by atoms with Crippen LogP contribution in [0.15, 0.2) is 11.1 Å². The van der Waals surface area contributed by atoms with Gasteiger partial charge in [0.1, 0.15) is 5.15 Å². The fourth-order valence-electron chi connectivity index (χ4n) is 3.28. The van der Waals surface area contributed by atoms with Gasteiger partial charge in [-0.1, -0.05) is 18.0 Å². The molecule has 2 aliphatic rings. The third-order valence-corrected chi connectivity index (χ3v) is 5.68. The fourth-order valence-corrected chi connectivity index (χ4v) is 4.00. The highest BCUT2D eigenvalue weighted by Gasteiger charge is 2.32. The van der Waals surface area contributed by atoms with Crippen molar-refractivity contribution in [2.75, 3.05) is 50.9 Å². The van der Waals surface area contributed by atoms with Crippen LogP contribution in [0, 0.1) is 0 Å². The molecule has 0 aliphatic carbocycles. The number of nitrogens with zero attached hydrogens (tertiary/aromatic N) is 5. The van der Waals surface area contributed by atoms with E-state index >= 15 is 0 Å². The molecule has 0 amide bonds. The maximum absolute atomic E-state index is 6.29. The van der Waals surface area contributed by atoms with Crippen molar-refractivity contribution >= 4 is 41.7 Å². The second kappa shape index (κ2) is 8.72. The van der Waals surface area contributed by atoms with Crippen LogP contribution >= 0.6 is 35.8 Å². The summed E-state index contributed by atoms with van der Waals surface area (Å²) in [5.41, 5.74) is 0. The van der Waals surface area contributed by atoms with Crippen LogP contribution in [-0.2, 0) is 0 Å². The number of rotatable bonds is 3. The molecular weight excluding hydrogens is 353 g/mol. The van der Waals surface area contributed by atoms with Crippen molar-refractivity contribution in [3.63, 3.8) is 0 Å². The van der Waals surface area contributed by atoms with Crippen LogP contribution < -0.4 is 4.90 Å². The van der Waals surface area contributed by atoms with E-state index in [-0.39, 0.29) is 12.4 Å². The zero-order chi connectivity index (χ0) is 15.5. The highest BCUT2D eigenvalue weighted by Crippen LogP contribution is 2.27. The van der Waals surface area contributed by atoms with Crippen LogP contribution in [0.5, 0.6) is 0 Å². The summed E-state index contributed by atoms with van der Waals surface area (Å²) in [5, 5.41) is 0.564. The van der Waals surface area contributed by atoms with Gasteiger partial charge in [0.05, 0.1) is 11.1 Å². The van der Waals surface area contributed by atoms with Crippen LogP contribution in [0.3, 0.4) is 0 Å². The largest absolute Gasteiger partial charge is 0.322 e. The third kappa shape index (κ3) is 4.42. The Morgan fingerprint density at radius 3 is 2.57 bits per heavy atom. The monoisotopic (exact) mass is 377 g/mol. The summed E-state index contributed by atoms with van der Waals surface area (Å²) in [6.45, 7) is 5.37. The zero-order valence-electron chi connectivity index (χ0n) is 13.7. The van der Waals surface area contributed by atoms with Gasteiger partial charge >= 0.3 is 0 Å². The average Bonchev–Trinajstić information content (AvgIpc) is 2.55. The molecule has 3 rings (SSSR count). The number of piperidine rings is 1. The number of likely N-dealkylation sites (N-methyl/N-ethyl adjacent to an activating group) is 1. The molecule has 0 spiro atoms. The highest BCUT2D eigenvalue weighted by atomic mass is 35.5. The first-order valence-electron chi connectivity index (χ1n) is 7.95. The smallest absolute Gasteiger partial charge is 0.228 e. The summed E-state index contributed by atoms with van der Waals surface area (Å²) in [6, 6.07) is 0. The maximum Gasteiger partial charge on any atom is 0.228 e. The minimum atomic E-state index is 0. The summed E-state index contributed by atoms with van der Waals surface area (Å²) in [4.78, 5) is 17.4. The number of hydrogen-bond acceptors (Lipinski definition) is 6. The summed E-state index contributed by atoms with van der Waals surface area (Å²) in [5.74, 6) is 0.770. The van der Waals surface area contributed by atoms with Gasteiger partial charge in [-0.3, -0.25) is 4.90 Å². The SMILES string of the molecule is CSc1cnc(N2CCN(C)CC2N2CCCCC2)nc1Cl.Cl. The Bertz CT molecular complexity index is 513. The number of hydrogen-bond donors (Lipinski definition) is 0. The number of halogens is 2. The Kier molecular flexibility index (Phi) is 7.22. The van der Waals surface area contributed by atoms with Crippen LogP contribution in [0.2, 0.25) is 5.15 Å². The topological polar surface area (TPSA) is 35.5 Å². The van der Waals surface area contributed by atoms with Crippen LogP contribution in [0.4, 0.5) is 5.95 Å². The Hall–Kier alpha value is -0.270. The van der Waals surface area contributed by atoms with E-state index in [4.69, 9.17) is 11.6 Å². The summed E-state index contributed by atoms with van der Waals surface area (Å²) < 4.78 is 0. The Labute approximate surface area is 154 Å². The van der Waals surface area contributed by atoms with Gasteiger partial charge in [0.2, 0.25) is 5.95 Å². The lowest BCUT2D eigenvalue weighted by molar-refractivity contribution is 0.103. The molecular formula is C15H25Cl2N5S. The van der Waals surface area contributed by atoms with Crippen molar-refractivity contribution in [2.45, 2.75) is 30.3 Å². The molecule has 0 radical (unpaired) electrons. The van der Waals surface area contributed by atoms with Gasteiger partial charge in [-0.05, 0) is 26.1 Å². The molecule has 0 saturated carbocycles. The number of aromatic nitrogens is 2. The molecule has 1 aromatic rings.